The van der Waals surface area contributed by atoms with Crippen LogP contribution < -0.4 is 0 Å². The average molecular weight is 370 g/mol. The second-order valence-electron chi connectivity index (χ2n) is 3.47. The summed E-state index contributed by atoms with van der Waals surface area (Å²) >= 11 is 0. The maximum atomic E-state index is 10.0. The number of rotatable bonds is 9. The van der Waals surface area contributed by atoms with Crippen LogP contribution in [0.5, 0.6) is 0 Å². The number of carbonyl (C=O) groups is 2. The minimum atomic E-state index is -4.66. The topological polar surface area (TPSA) is 228 Å². The van der Waals surface area contributed by atoms with E-state index in [0.717, 1.165) is 0 Å². The first-order valence-electron chi connectivity index (χ1n) is 5.17. The maximum Gasteiger partial charge on any atom is 0.469 e. The molecular formula is C7H16O13P2. The van der Waals surface area contributed by atoms with Crippen molar-refractivity contribution in [3.05, 3.63) is 0 Å². The van der Waals surface area contributed by atoms with E-state index >= 15 is 0 Å². The number of phosphoric acid groups is 2. The van der Waals surface area contributed by atoms with Crippen LogP contribution in [0.25, 0.3) is 0 Å². The van der Waals surface area contributed by atoms with Gasteiger partial charge in [0.25, 0.3) is 0 Å². The van der Waals surface area contributed by atoms with E-state index in [1.165, 1.54) is 0 Å². The third-order valence-corrected chi connectivity index (χ3v) is 2.49. The van der Waals surface area contributed by atoms with Crippen LogP contribution in [-0.2, 0) is 27.8 Å². The summed E-state index contributed by atoms with van der Waals surface area (Å²) in [6.45, 7) is -1.49. The average Bonchev–Trinajstić information content (AvgIpc) is 2.40. The van der Waals surface area contributed by atoms with Crippen LogP contribution in [0.2, 0.25) is 0 Å². The number of phosphoric ester groups is 2. The Bertz CT molecular complexity index is 413. The van der Waals surface area contributed by atoms with Crippen molar-refractivity contribution in [1.29, 1.82) is 0 Å². The van der Waals surface area contributed by atoms with Crippen molar-refractivity contribution in [2.45, 2.75) is 18.3 Å². The van der Waals surface area contributed by atoms with Gasteiger partial charge in [0, 0.05) is 0 Å². The highest BCUT2D eigenvalue weighted by Gasteiger charge is 2.21. The second-order valence-corrected chi connectivity index (χ2v) is 5.95. The van der Waals surface area contributed by atoms with Crippen LogP contribution in [0, 0.1) is 0 Å². The van der Waals surface area contributed by atoms with E-state index in [2.05, 4.69) is 9.05 Å². The molecule has 3 unspecified atom stereocenters. The first kappa shape index (κ1) is 23.7. The van der Waals surface area contributed by atoms with Crippen molar-refractivity contribution < 1.29 is 62.7 Å². The lowest BCUT2D eigenvalue weighted by atomic mass is 10.2. The smallest absolute Gasteiger partial charge is 0.388 e. The van der Waals surface area contributed by atoms with Gasteiger partial charge in [-0.1, -0.05) is 0 Å². The van der Waals surface area contributed by atoms with Crippen LogP contribution >= 0.6 is 15.6 Å². The Balaban J connectivity index is 0. The van der Waals surface area contributed by atoms with E-state index in [-0.39, 0.29) is 12.6 Å². The van der Waals surface area contributed by atoms with Gasteiger partial charge in [-0.15, -0.1) is 0 Å². The third kappa shape index (κ3) is 17.5. The zero-order valence-electron chi connectivity index (χ0n) is 10.8. The van der Waals surface area contributed by atoms with E-state index in [4.69, 9.17) is 34.9 Å². The summed E-state index contributed by atoms with van der Waals surface area (Å²) in [5.74, 6) is 0. The highest BCUT2D eigenvalue weighted by Crippen LogP contribution is 2.36. The minimum absolute atomic E-state index is 0.0354. The van der Waals surface area contributed by atoms with E-state index in [1.807, 2.05) is 0 Å². The van der Waals surface area contributed by atoms with Gasteiger partial charge in [-0.2, -0.15) is 0 Å². The lowest BCUT2D eigenvalue weighted by Gasteiger charge is -2.12. The quantitative estimate of drug-likeness (QED) is 0.156. The Morgan fingerprint density at radius 3 is 1.55 bits per heavy atom. The number of aliphatic hydroxyl groups excluding tert-OH is 3. The van der Waals surface area contributed by atoms with E-state index in [1.54, 1.807) is 0 Å². The first-order valence-corrected chi connectivity index (χ1v) is 8.23. The van der Waals surface area contributed by atoms with Crippen molar-refractivity contribution in [3.8, 4) is 0 Å². The summed E-state index contributed by atoms with van der Waals surface area (Å²) in [7, 11) is -9.21. The van der Waals surface area contributed by atoms with Crippen LogP contribution in [0.1, 0.15) is 0 Å². The predicted molar refractivity (Wildman–Crippen MR) is 66.1 cm³/mol. The number of carbonyl (C=O) groups excluding carboxylic acids is 2. The largest absolute Gasteiger partial charge is 0.469 e. The molecule has 0 aromatic rings. The molecule has 0 spiro atoms. The molecule has 0 saturated carbocycles. The molecule has 15 heteroatoms. The van der Waals surface area contributed by atoms with E-state index in [9.17, 15) is 18.7 Å². The van der Waals surface area contributed by atoms with Gasteiger partial charge in [-0.3, -0.25) is 9.05 Å². The zero-order chi connectivity index (χ0) is 18.0. The molecule has 0 amide bonds. The Labute approximate surface area is 123 Å². The maximum absolute atomic E-state index is 10.0. The fourth-order valence-electron chi connectivity index (χ4n) is 0.575. The number of aldehydes is 2. The molecule has 0 aromatic heterocycles. The van der Waals surface area contributed by atoms with Gasteiger partial charge in [-0.25, -0.2) is 9.13 Å². The van der Waals surface area contributed by atoms with Gasteiger partial charge in [0.15, 0.2) is 12.6 Å². The molecule has 0 heterocycles. The van der Waals surface area contributed by atoms with Crippen molar-refractivity contribution in [1.82, 2.24) is 0 Å². The monoisotopic (exact) mass is 370 g/mol. The van der Waals surface area contributed by atoms with Crippen LogP contribution in [0.15, 0.2) is 0 Å². The summed E-state index contributed by atoms with van der Waals surface area (Å²) < 4.78 is 27.5. The zero-order valence-corrected chi connectivity index (χ0v) is 12.6. The Morgan fingerprint density at radius 1 is 0.818 bits per heavy atom. The molecular weight excluding hydrogens is 354 g/mol. The fraction of sp³-hybridized carbons (Fsp3) is 0.714. The standard InChI is InChI=1S/C4H9O7P.C3H7O6P/c5-1-3(6)4(7)2-11-12(8,9)10;4-1-3(5)2-9-10(6,7)8/h1,3-4,6-7H,2H2,(H2,8,9,10);1,3,5H,2H2,(H2,6,7,8). The lowest BCUT2D eigenvalue weighted by molar-refractivity contribution is -0.121. The molecule has 7 N–H and O–H groups in total. The number of hydrogen-bond donors (Lipinski definition) is 7. The van der Waals surface area contributed by atoms with Crippen LogP contribution in [-0.4, -0.2) is 79.0 Å². The molecule has 0 aromatic carbocycles. The summed E-state index contributed by atoms with van der Waals surface area (Å²) in [5, 5.41) is 25.7. The molecule has 13 nitrogen and oxygen atoms in total. The van der Waals surface area contributed by atoms with Crippen molar-refractivity contribution in [3.63, 3.8) is 0 Å². The predicted octanol–water partition coefficient (Wildman–Crippen LogP) is -3.33. The highest BCUT2D eigenvalue weighted by molar-refractivity contribution is 7.46. The highest BCUT2D eigenvalue weighted by atomic mass is 31.2. The van der Waals surface area contributed by atoms with Gasteiger partial charge in [0.1, 0.15) is 18.3 Å². The van der Waals surface area contributed by atoms with Gasteiger partial charge in [-0.05, 0) is 0 Å². The summed E-state index contributed by atoms with van der Waals surface area (Å²) in [6, 6.07) is 0. The molecule has 0 radical (unpaired) electrons. The lowest BCUT2D eigenvalue weighted by Crippen LogP contribution is -2.31. The van der Waals surface area contributed by atoms with E-state index in [0.29, 0.717) is 0 Å². The van der Waals surface area contributed by atoms with E-state index < -0.39 is 47.2 Å². The fourth-order valence-corrected chi connectivity index (χ4v) is 1.27. The molecule has 3 atom stereocenters. The normalized spacial score (nSPS) is 16.0. The molecule has 0 aliphatic rings. The summed E-state index contributed by atoms with van der Waals surface area (Å²) in [4.78, 5) is 51.8. The SMILES string of the molecule is O=CC(O)C(O)COP(=O)(O)O.O=CC(O)COP(=O)(O)O. The van der Waals surface area contributed by atoms with Gasteiger partial charge < -0.3 is 44.5 Å². The molecule has 22 heavy (non-hydrogen) atoms. The molecule has 0 bridgehead atoms. The van der Waals surface area contributed by atoms with Gasteiger partial charge in [0.2, 0.25) is 0 Å². The molecule has 0 rings (SSSR count). The Hall–Kier alpha value is -0.560. The summed E-state index contributed by atoms with van der Waals surface area (Å²) in [6.07, 6.45) is -4.65. The molecule has 0 saturated heterocycles. The Morgan fingerprint density at radius 2 is 1.23 bits per heavy atom. The molecule has 0 aliphatic heterocycles. The number of hydrogen-bond acceptors (Lipinski definition) is 9. The molecule has 132 valence electrons. The van der Waals surface area contributed by atoms with Gasteiger partial charge in [0.05, 0.1) is 13.2 Å². The number of aliphatic hydroxyl groups is 3. The van der Waals surface area contributed by atoms with Crippen LogP contribution in [0.4, 0.5) is 0 Å². The first-order chi connectivity index (χ1) is 9.82. The second kappa shape index (κ2) is 11.0. The minimum Gasteiger partial charge on any atom is -0.388 e. The van der Waals surface area contributed by atoms with Crippen molar-refractivity contribution in [2.75, 3.05) is 13.2 Å². The van der Waals surface area contributed by atoms with Gasteiger partial charge >= 0.3 is 15.6 Å². The molecule has 0 aliphatic carbocycles. The van der Waals surface area contributed by atoms with Crippen LogP contribution in [0.3, 0.4) is 0 Å². The third-order valence-electron chi connectivity index (χ3n) is 1.52. The Kier molecular flexibility index (Phi) is 11.9. The van der Waals surface area contributed by atoms with Crippen molar-refractivity contribution >= 4 is 28.2 Å². The molecule has 0 fully saturated rings. The van der Waals surface area contributed by atoms with Crippen molar-refractivity contribution in [2.24, 2.45) is 0 Å². The summed E-state index contributed by atoms with van der Waals surface area (Å²) in [5.41, 5.74) is 0.